The maximum absolute atomic E-state index is 11.4. The second kappa shape index (κ2) is 15.2. The number of hydrogen-bond donors (Lipinski definition) is 4. The van der Waals surface area contributed by atoms with Gasteiger partial charge in [0.15, 0.2) is 0 Å². The Bertz CT molecular complexity index is 2310. The Hall–Kier alpha value is -5.74. The monoisotopic (exact) mass is 772 g/mol. The Morgan fingerprint density at radius 2 is 0.621 bits per heavy atom. The fourth-order valence-corrected chi connectivity index (χ4v) is 7.50. The second-order valence-corrected chi connectivity index (χ2v) is 19.9. The van der Waals surface area contributed by atoms with Gasteiger partial charge in [0.25, 0.3) is 0 Å². The van der Waals surface area contributed by atoms with Crippen LogP contribution >= 0.6 is 0 Å². The molecule has 0 unspecified atom stereocenters. The predicted octanol–water partition coefficient (Wildman–Crippen LogP) is 14.5. The molecular formula is C54H60O4. The molecule has 0 atom stereocenters. The van der Waals surface area contributed by atoms with Crippen LogP contribution < -0.4 is 0 Å². The van der Waals surface area contributed by atoms with Crippen LogP contribution in [0.3, 0.4) is 0 Å². The molecule has 0 radical (unpaired) electrons. The lowest BCUT2D eigenvalue weighted by molar-refractivity contribution is 0.467. The Morgan fingerprint density at radius 3 is 0.914 bits per heavy atom. The van der Waals surface area contributed by atoms with Gasteiger partial charge in [0.2, 0.25) is 0 Å². The minimum atomic E-state index is -0.227. The molecule has 0 amide bonds. The summed E-state index contributed by atoms with van der Waals surface area (Å²) in [6.07, 6.45) is 4.18. The third-order valence-electron chi connectivity index (χ3n) is 11.1. The molecule has 0 aromatic heterocycles. The molecule has 0 saturated carbocycles. The van der Waals surface area contributed by atoms with Gasteiger partial charge in [0, 0.05) is 22.3 Å². The molecule has 0 saturated heterocycles. The van der Waals surface area contributed by atoms with E-state index in [9.17, 15) is 20.4 Å². The van der Waals surface area contributed by atoms with Gasteiger partial charge in [-0.15, -0.1) is 0 Å². The van der Waals surface area contributed by atoms with Crippen molar-refractivity contribution < 1.29 is 20.4 Å². The van der Waals surface area contributed by atoms with Crippen molar-refractivity contribution in [3.05, 3.63) is 143 Å². The summed E-state index contributed by atoms with van der Waals surface area (Å²) in [6.45, 7) is 25.8. The summed E-state index contributed by atoms with van der Waals surface area (Å²) in [4.78, 5) is 0. The topological polar surface area (TPSA) is 80.9 Å². The van der Waals surface area contributed by atoms with E-state index in [0.29, 0.717) is 22.3 Å². The summed E-state index contributed by atoms with van der Waals surface area (Å²) >= 11 is 0. The van der Waals surface area contributed by atoms with Crippen LogP contribution in [0.15, 0.2) is 109 Å². The normalized spacial score (nSPS) is 12.7. The fraction of sp³-hybridized carbons (Fsp3) is 0.296. The fourth-order valence-electron chi connectivity index (χ4n) is 7.50. The molecule has 4 N–H and O–H groups in total. The van der Waals surface area contributed by atoms with E-state index in [1.807, 2.05) is 48.5 Å². The molecule has 6 rings (SSSR count). The summed E-state index contributed by atoms with van der Waals surface area (Å²) < 4.78 is 0. The van der Waals surface area contributed by atoms with Crippen molar-refractivity contribution in [3.63, 3.8) is 0 Å². The summed E-state index contributed by atoms with van der Waals surface area (Å²) in [5.41, 5.74) is 12.2. The van der Waals surface area contributed by atoms with Crippen molar-refractivity contribution in [2.24, 2.45) is 0 Å². The first-order valence-corrected chi connectivity index (χ1v) is 20.2. The molecule has 0 heterocycles. The molecule has 300 valence electrons. The molecule has 4 heteroatoms. The standard InChI is InChI=1S/C54H60O4/c1-51(2,3)37-23-25-47(55)41(27-37)43-29-45(53(7,8)9)39(31-49(43)57)35-19-15-33(16-20-35)13-14-34-17-21-36(22-18-34)40-32-50(58)44(30-46(40)54(10,11)12)42-28-38(52(4,5)6)24-26-48(42)56/h13-32,55-58H,1-12H3/b14-13-. The molecular weight excluding hydrogens is 713 g/mol. The van der Waals surface area contributed by atoms with Crippen LogP contribution in [-0.2, 0) is 21.7 Å². The van der Waals surface area contributed by atoms with Crippen LogP contribution in [-0.4, -0.2) is 20.4 Å². The predicted molar refractivity (Wildman–Crippen MR) is 245 cm³/mol. The lowest BCUT2D eigenvalue weighted by Crippen LogP contribution is -2.13. The molecule has 0 aliphatic heterocycles. The SMILES string of the molecule is CC(C)(C)c1ccc(O)c(-c2cc(C(C)(C)C)c(-c3ccc(/C=C\c4ccc(-c5cc(O)c(-c6cc(C(C)(C)C)ccc6O)cc5C(C)(C)C)cc4)cc3)cc2O)c1. The van der Waals surface area contributed by atoms with E-state index in [-0.39, 0.29) is 44.7 Å². The molecule has 58 heavy (non-hydrogen) atoms. The van der Waals surface area contributed by atoms with Crippen LogP contribution in [0, 0.1) is 0 Å². The first-order valence-electron chi connectivity index (χ1n) is 20.2. The van der Waals surface area contributed by atoms with Gasteiger partial charge in [-0.3, -0.25) is 0 Å². The Balaban J connectivity index is 1.27. The van der Waals surface area contributed by atoms with E-state index >= 15 is 0 Å². The Labute approximate surface area is 346 Å². The number of rotatable bonds is 6. The third-order valence-corrected chi connectivity index (χ3v) is 11.1. The molecule has 4 nitrogen and oxygen atoms in total. The average molecular weight is 773 g/mol. The van der Waals surface area contributed by atoms with Crippen LogP contribution in [0.2, 0.25) is 0 Å². The zero-order chi connectivity index (χ0) is 42.5. The Kier molecular flexibility index (Phi) is 11.0. The largest absolute Gasteiger partial charge is 0.507 e. The summed E-state index contributed by atoms with van der Waals surface area (Å²) in [7, 11) is 0. The summed E-state index contributed by atoms with van der Waals surface area (Å²) in [5.74, 6) is 0.542. The highest BCUT2D eigenvalue weighted by Gasteiger charge is 2.26. The van der Waals surface area contributed by atoms with Gasteiger partial charge in [0.1, 0.15) is 23.0 Å². The van der Waals surface area contributed by atoms with Crippen molar-refractivity contribution in [2.75, 3.05) is 0 Å². The molecule has 0 spiro atoms. The van der Waals surface area contributed by atoms with Gasteiger partial charge in [-0.05, 0) is 126 Å². The van der Waals surface area contributed by atoms with Gasteiger partial charge in [0.05, 0.1) is 0 Å². The number of hydrogen-bond acceptors (Lipinski definition) is 4. The van der Waals surface area contributed by atoms with Crippen molar-refractivity contribution in [1.82, 2.24) is 0 Å². The molecule has 0 aliphatic carbocycles. The third kappa shape index (κ3) is 8.87. The van der Waals surface area contributed by atoms with Crippen LogP contribution in [0.4, 0.5) is 0 Å². The van der Waals surface area contributed by atoms with Crippen LogP contribution in [0.5, 0.6) is 23.0 Å². The van der Waals surface area contributed by atoms with Gasteiger partial charge >= 0.3 is 0 Å². The van der Waals surface area contributed by atoms with E-state index in [2.05, 4.69) is 144 Å². The minimum absolute atomic E-state index is 0.105. The lowest BCUT2D eigenvalue weighted by atomic mass is 9.79. The quantitative estimate of drug-likeness (QED) is 0.127. The van der Waals surface area contributed by atoms with E-state index in [4.69, 9.17) is 0 Å². The number of phenolic OH excluding ortho intramolecular Hbond substituents is 4. The van der Waals surface area contributed by atoms with Gasteiger partial charge < -0.3 is 20.4 Å². The zero-order valence-corrected chi connectivity index (χ0v) is 36.3. The van der Waals surface area contributed by atoms with Crippen molar-refractivity contribution >= 4 is 12.2 Å². The maximum Gasteiger partial charge on any atom is 0.124 e. The zero-order valence-electron chi connectivity index (χ0n) is 36.3. The van der Waals surface area contributed by atoms with Crippen LogP contribution in [0.1, 0.15) is 116 Å². The molecule has 0 aliphatic rings. The number of aromatic hydroxyl groups is 4. The van der Waals surface area contributed by atoms with Crippen molar-refractivity contribution in [1.29, 1.82) is 0 Å². The molecule has 6 aromatic rings. The van der Waals surface area contributed by atoms with E-state index in [0.717, 1.165) is 55.6 Å². The first kappa shape index (κ1) is 41.9. The number of benzene rings is 6. The lowest BCUT2D eigenvalue weighted by Gasteiger charge is -2.26. The minimum Gasteiger partial charge on any atom is -0.507 e. The second-order valence-electron chi connectivity index (χ2n) is 19.9. The molecule has 0 bridgehead atoms. The van der Waals surface area contributed by atoms with Crippen molar-refractivity contribution in [3.8, 4) is 67.5 Å². The van der Waals surface area contributed by atoms with Gasteiger partial charge in [-0.2, -0.15) is 0 Å². The summed E-state index contributed by atoms with van der Waals surface area (Å²) in [5, 5.41) is 44.6. The Morgan fingerprint density at radius 1 is 0.310 bits per heavy atom. The van der Waals surface area contributed by atoms with E-state index in [1.54, 1.807) is 12.1 Å². The number of phenols is 4. The van der Waals surface area contributed by atoms with Gasteiger partial charge in [-0.1, -0.05) is 156 Å². The highest BCUT2D eigenvalue weighted by Crippen LogP contribution is 2.46. The van der Waals surface area contributed by atoms with Gasteiger partial charge in [-0.25, -0.2) is 0 Å². The summed E-state index contributed by atoms with van der Waals surface area (Å²) in [6, 6.07) is 35.7. The average Bonchev–Trinajstić information content (AvgIpc) is 3.13. The first-order chi connectivity index (χ1) is 26.9. The van der Waals surface area contributed by atoms with Crippen LogP contribution in [0.25, 0.3) is 56.7 Å². The maximum atomic E-state index is 11.4. The molecule has 0 fully saturated rings. The highest BCUT2D eigenvalue weighted by atomic mass is 16.3. The van der Waals surface area contributed by atoms with E-state index < -0.39 is 0 Å². The molecule has 6 aromatic carbocycles. The van der Waals surface area contributed by atoms with Crippen molar-refractivity contribution in [2.45, 2.75) is 105 Å². The van der Waals surface area contributed by atoms with E-state index in [1.165, 1.54) is 0 Å². The highest BCUT2D eigenvalue weighted by molar-refractivity contribution is 5.85. The smallest absolute Gasteiger partial charge is 0.124 e.